The van der Waals surface area contributed by atoms with Crippen molar-refractivity contribution in [3.63, 3.8) is 0 Å². The molecule has 0 spiro atoms. The summed E-state index contributed by atoms with van der Waals surface area (Å²) in [6.45, 7) is 6.24. The number of ether oxygens (including phenoxy) is 1. The maximum Gasteiger partial charge on any atom is 0.329 e. The Hall–Kier alpha value is -3.93. The zero-order valence-corrected chi connectivity index (χ0v) is 17.8. The van der Waals surface area contributed by atoms with Gasteiger partial charge in [0.1, 0.15) is 12.4 Å². The molecule has 3 rings (SSSR count). The van der Waals surface area contributed by atoms with Gasteiger partial charge in [-0.05, 0) is 73.9 Å². The second-order valence-corrected chi connectivity index (χ2v) is 7.20. The molecule has 31 heavy (non-hydrogen) atoms. The summed E-state index contributed by atoms with van der Waals surface area (Å²) >= 11 is 0. The number of hydrogen-bond acceptors (Lipinski definition) is 4. The number of hydrazone groups is 1. The Labute approximate surface area is 182 Å². The molecule has 0 aliphatic carbocycles. The third-order valence-electron chi connectivity index (χ3n) is 4.77. The van der Waals surface area contributed by atoms with Gasteiger partial charge in [0.2, 0.25) is 0 Å². The van der Waals surface area contributed by atoms with E-state index in [0.717, 1.165) is 22.4 Å². The van der Waals surface area contributed by atoms with E-state index >= 15 is 0 Å². The molecule has 6 heteroatoms. The highest BCUT2D eigenvalue weighted by Crippen LogP contribution is 2.16. The van der Waals surface area contributed by atoms with Gasteiger partial charge in [-0.3, -0.25) is 9.59 Å². The number of rotatable bonds is 6. The van der Waals surface area contributed by atoms with E-state index in [1.807, 2.05) is 61.5 Å². The number of nitrogens with one attached hydrogen (secondary N) is 2. The van der Waals surface area contributed by atoms with Crippen molar-refractivity contribution < 1.29 is 14.3 Å². The summed E-state index contributed by atoms with van der Waals surface area (Å²) in [5.41, 5.74) is 7.60. The molecule has 2 N–H and O–H groups in total. The average Bonchev–Trinajstić information content (AvgIpc) is 2.78. The minimum absolute atomic E-state index is 0.491. The van der Waals surface area contributed by atoms with Crippen molar-refractivity contribution in [3.8, 4) is 5.75 Å². The Kier molecular flexibility index (Phi) is 7.17. The van der Waals surface area contributed by atoms with Crippen LogP contribution in [0.3, 0.4) is 0 Å². The van der Waals surface area contributed by atoms with Gasteiger partial charge in [0.05, 0.1) is 5.71 Å². The Morgan fingerprint density at radius 1 is 0.871 bits per heavy atom. The molecule has 0 aromatic heterocycles. The van der Waals surface area contributed by atoms with Crippen LogP contribution in [0, 0.1) is 13.8 Å². The van der Waals surface area contributed by atoms with Gasteiger partial charge in [-0.2, -0.15) is 5.10 Å². The van der Waals surface area contributed by atoms with Gasteiger partial charge >= 0.3 is 11.8 Å². The summed E-state index contributed by atoms with van der Waals surface area (Å²) in [7, 11) is 0. The van der Waals surface area contributed by atoms with Crippen molar-refractivity contribution in [2.75, 3.05) is 5.32 Å². The maximum atomic E-state index is 12.0. The van der Waals surface area contributed by atoms with E-state index in [1.165, 1.54) is 5.56 Å². The molecule has 6 nitrogen and oxygen atoms in total. The number of benzene rings is 3. The van der Waals surface area contributed by atoms with Crippen LogP contribution in [0.1, 0.15) is 29.2 Å². The quantitative estimate of drug-likeness (QED) is 0.357. The van der Waals surface area contributed by atoms with Gasteiger partial charge in [-0.25, -0.2) is 5.43 Å². The van der Waals surface area contributed by atoms with E-state index in [4.69, 9.17) is 4.74 Å². The van der Waals surface area contributed by atoms with Crippen LogP contribution in [0.25, 0.3) is 0 Å². The third kappa shape index (κ3) is 6.27. The van der Waals surface area contributed by atoms with Crippen LogP contribution in [0.5, 0.6) is 5.75 Å². The van der Waals surface area contributed by atoms with Crippen molar-refractivity contribution in [1.29, 1.82) is 0 Å². The molecule has 0 saturated heterocycles. The van der Waals surface area contributed by atoms with E-state index in [9.17, 15) is 9.59 Å². The second kappa shape index (κ2) is 10.2. The van der Waals surface area contributed by atoms with Crippen LogP contribution in [-0.2, 0) is 16.2 Å². The normalized spacial score (nSPS) is 11.0. The highest BCUT2D eigenvalue weighted by molar-refractivity contribution is 6.39. The Balaban J connectivity index is 1.53. The van der Waals surface area contributed by atoms with Gasteiger partial charge in [-0.1, -0.05) is 42.0 Å². The van der Waals surface area contributed by atoms with E-state index in [-0.39, 0.29) is 0 Å². The first-order valence-electron chi connectivity index (χ1n) is 9.92. The fourth-order valence-electron chi connectivity index (χ4n) is 2.80. The Morgan fingerprint density at radius 2 is 1.55 bits per heavy atom. The molecule has 0 bridgehead atoms. The predicted molar refractivity (Wildman–Crippen MR) is 122 cm³/mol. The van der Waals surface area contributed by atoms with Crippen molar-refractivity contribution in [2.24, 2.45) is 5.10 Å². The van der Waals surface area contributed by atoms with Crippen molar-refractivity contribution in [1.82, 2.24) is 5.43 Å². The molecule has 0 radical (unpaired) electrons. The first kappa shape index (κ1) is 21.8. The molecule has 3 aromatic carbocycles. The third-order valence-corrected chi connectivity index (χ3v) is 4.77. The summed E-state index contributed by atoms with van der Waals surface area (Å²) in [6, 6.07) is 22.6. The lowest BCUT2D eigenvalue weighted by atomic mass is 10.1. The fraction of sp³-hybridized carbons (Fsp3) is 0.160. The number of nitrogens with zero attached hydrogens (tertiary/aromatic N) is 1. The number of carbonyl (C=O) groups excluding carboxylic acids is 2. The second-order valence-electron chi connectivity index (χ2n) is 7.20. The highest BCUT2D eigenvalue weighted by Gasteiger charge is 2.13. The number of aryl methyl sites for hydroxylation is 2. The lowest BCUT2D eigenvalue weighted by molar-refractivity contribution is -0.136. The lowest BCUT2D eigenvalue weighted by Crippen LogP contribution is -2.32. The van der Waals surface area contributed by atoms with Crippen molar-refractivity contribution in [2.45, 2.75) is 27.4 Å². The lowest BCUT2D eigenvalue weighted by Gasteiger charge is -2.09. The van der Waals surface area contributed by atoms with Crippen molar-refractivity contribution in [3.05, 3.63) is 95.1 Å². The number of hydrogen-bond donors (Lipinski definition) is 2. The molecule has 0 fully saturated rings. The molecular weight excluding hydrogens is 390 g/mol. The van der Waals surface area contributed by atoms with Crippen molar-refractivity contribution >= 4 is 23.2 Å². The first-order chi connectivity index (χ1) is 14.9. The molecule has 0 heterocycles. The van der Waals surface area contributed by atoms with E-state index in [2.05, 4.69) is 28.8 Å². The SMILES string of the molecule is C/C(=N\NC(=O)C(=O)Nc1ccc(C)cc1)c1ccc(OCc2ccccc2C)cc1. The molecule has 2 amide bonds. The molecule has 0 atom stereocenters. The van der Waals surface area contributed by atoms with Crippen LogP contribution >= 0.6 is 0 Å². The van der Waals surface area contributed by atoms with E-state index < -0.39 is 11.8 Å². The smallest absolute Gasteiger partial charge is 0.329 e. The molecule has 158 valence electrons. The fourth-order valence-corrected chi connectivity index (χ4v) is 2.80. The first-order valence-corrected chi connectivity index (χ1v) is 9.92. The molecule has 0 unspecified atom stereocenters. The van der Waals surface area contributed by atoms with Gasteiger partial charge in [-0.15, -0.1) is 0 Å². The number of carbonyl (C=O) groups is 2. The van der Waals surface area contributed by atoms with Crippen LogP contribution in [0.4, 0.5) is 5.69 Å². The number of amides is 2. The summed E-state index contributed by atoms with van der Waals surface area (Å²) < 4.78 is 5.84. The van der Waals surface area contributed by atoms with E-state index in [0.29, 0.717) is 18.0 Å². The summed E-state index contributed by atoms with van der Waals surface area (Å²) in [5.74, 6) is -0.875. The van der Waals surface area contributed by atoms with Crippen LogP contribution < -0.4 is 15.5 Å². The Bertz CT molecular complexity index is 1090. The maximum absolute atomic E-state index is 12.0. The number of anilines is 1. The average molecular weight is 415 g/mol. The van der Waals surface area contributed by atoms with Gasteiger partial charge in [0, 0.05) is 5.69 Å². The monoisotopic (exact) mass is 415 g/mol. The summed E-state index contributed by atoms with van der Waals surface area (Å²) in [6.07, 6.45) is 0. The summed E-state index contributed by atoms with van der Waals surface area (Å²) in [4.78, 5) is 24.0. The zero-order chi connectivity index (χ0) is 22.2. The zero-order valence-electron chi connectivity index (χ0n) is 17.8. The topological polar surface area (TPSA) is 79.8 Å². The molecular formula is C25H25N3O3. The largest absolute Gasteiger partial charge is 0.489 e. The van der Waals surface area contributed by atoms with Crippen LogP contribution in [0.15, 0.2) is 77.9 Å². The van der Waals surface area contributed by atoms with E-state index in [1.54, 1.807) is 19.1 Å². The standard InChI is InChI=1S/C25H25N3O3/c1-17-8-12-22(13-9-17)26-24(29)25(30)28-27-19(3)20-10-14-23(15-11-20)31-16-21-7-5-4-6-18(21)2/h4-15H,16H2,1-3H3,(H,26,29)(H,28,30)/b27-19+. The van der Waals surface area contributed by atoms with Gasteiger partial charge < -0.3 is 10.1 Å². The molecule has 0 aliphatic rings. The van der Waals surface area contributed by atoms with Crippen LogP contribution in [-0.4, -0.2) is 17.5 Å². The minimum atomic E-state index is -0.835. The Morgan fingerprint density at radius 3 is 2.23 bits per heavy atom. The van der Waals surface area contributed by atoms with Gasteiger partial charge in [0.15, 0.2) is 0 Å². The molecule has 3 aromatic rings. The predicted octanol–water partition coefficient (Wildman–Crippen LogP) is 4.36. The molecule has 0 aliphatic heterocycles. The van der Waals surface area contributed by atoms with Gasteiger partial charge in [0.25, 0.3) is 0 Å². The summed E-state index contributed by atoms with van der Waals surface area (Å²) in [5, 5.41) is 6.56. The highest BCUT2D eigenvalue weighted by atomic mass is 16.5. The van der Waals surface area contributed by atoms with Crippen LogP contribution in [0.2, 0.25) is 0 Å². The minimum Gasteiger partial charge on any atom is -0.489 e. The molecule has 0 saturated carbocycles.